The Balaban J connectivity index is 1.81. The lowest BCUT2D eigenvalue weighted by atomic mass is 10.0. The number of carboxylic acid groups (broad SMARTS) is 1. The zero-order valence-electron chi connectivity index (χ0n) is 16.4. The molecule has 0 aliphatic carbocycles. The molecule has 3 aromatic carbocycles. The summed E-state index contributed by atoms with van der Waals surface area (Å²) in [5, 5.41) is 12.7. The largest absolute Gasteiger partial charge is 0.488 e. The first-order valence-corrected chi connectivity index (χ1v) is 10.0. The van der Waals surface area contributed by atoms with Crippen molar-refractivity contribution in [2.75, 3.05) is 0 Å². The number of carbonyl (C=O) groups excluding carboxylic acids is 1. The van der Waals surface area contributed by atoms with Crippen LogP contribution in [0.1, 0.15) is 44.8 Å². The molecule has 0 spiro atoms. The van der Waals surface area contributed by atoms with Crippen LogP contribution in [0.25, 0.3) is 0 Å². The van der Waals surface area contributed by atoms with Gasteiger partial charge in [0.25, 0.3) is 5.91 Å². The van der Waals surface area contributed by atoms with Crippen LogP contribution in [0.3, 0.4) is 0 Å². The zero-order chi connectivity index (χ0) is 22.5. The summed E-state index contributed by atoms with van der Waals surface area (Å²) in [6, 6.07) is 14.5. The van der Waals surface area contributed by atoms with E-state index in [0.717, 1.165) is 0 Å². The molecule has 3 rings (SSSR count). The van der Waals surface area contributed by atoms with Crippen LogP contribution in [-0.2, 0) is 6.61 Å². The summed E-state index contributed by atoms with van der Waals surface area (Å²) >= 11 is 11.8. The molecule has 0 radical (unpaired) electrons. The Hall–Kier alpha value is -3.09. The SMILES string of the molecule is C[C@H](NC(=O)c1cc(Cl)ccc1OCc1ccc(Cl)cc1F)c1ccccc1C(=O)O. The number of carbonyl (C=O) groups is 2. The van der Waals surface area contributed by atoms with Gasteiger partial charge in [-0.3, -0.25) is 4.79 Å². The molecule has 8 heteroatoms. The number of halogens is 3. The van der Waals surface area contributed by atoms with Gasteiger partial charge in [0, 0.05) is 15.6 Å². The molecule has 0 unspecified atom stereocenters. The molecule has 31 heavy (non-hydrogen) atoms. The number of aromatic carboxylic acids is 1. The van der Waals surface area contributed by atoms with Crippen molar-refractivity contribution in [1.29, 1.82) is 0 Å². The molecule has 3 aromatic rings. The average molecular weight is 462 g/mol. The molecule has 0 bridgehead atoms. The molecule has 5 nitrogen and oxygen atoms in total. The smallest absolute Gasteiger partial charge is 0.336 e. The summed E-state index contributed by atoms with van der Waals surface area (Å²) in [7, 11) is 0. The van der Waals surface area contributed by atoms with Crippen molar-refractivity contribution >= 4 is 35.1 Å². The van der Waals surface area contributed by atoms with E-state index >= 15 is 0 Å². The van der Waals surface area contributed by atoms with Gasteiger partial charge in [0.1, 0.15) is 18.2 Å². The van der Waals surface area contributed by atoms with Crippen LogP contribution >= 0.6 is 23.2 Å². The van der Waals surface area contributed by atoms with Crippen molar-refractivity contribution in [3.63, 3.8) is 0 Å². The fourth-order valence-corrected chi connectivity index (χ4v) is 3.35. The number of hydrogen-bond donors (Lipinski definition) is 2. The first kappa shape index (κ1) is 22.6. The van der Waals surface area contributed by atoms with E-state index in [1.807, 2.05) is 0 Å². The average Bonchev–Trinajstić information content (AvgIpc) is 2.73. The second-order valence-corrected chi connectivity index (χ2v) is 7.63. The summed E-state index contributed by atoms with van der Waals surface area (Å²) in [6.45, 7) is 1.55. The van der Waals surface area contributed by atoms with E-state index in [1.165, 1.54) is 30.3 Å². The van der Waals surface area contributed by atoms with E-state index < -0.39 is 23.7 Å². The summed E-state index contributed by atoms with van der Waals surface area (Å²) in [5.41, 5.74) is 0.961. The van der Waals surface area contributed by atoms with Crippen molar-refractivity contribution < 1.29 is 23.8 Å². The number of benzene rings is 3. The standard InChI is InChI=1S/C23H18Cl2FNO4/c1-13(17-4-2-3-5-18(17)23(29)30)27-22(28)19-10-15(24)8-9-21(19)31-12-14-6-7-16(25)11-20(14)26/h2-11,13H,12H2,1H3,(H,27,28)(H,29,30)/t13-/m0/s1. The number of ether oxygens (including phenoxy) is 1. The molecule has 0 aromatic heterocycles. The van der Waals surface area contributed by atoms with Crippen molar-refractivity contribution in [2.45, 2.75) is 19.6 Å². The first-order chi connectivity index (χ1) is 14.8. The van der Waals surface area contributed by atoms with Crippen LogP contribution in [0, 0.1) is 5.82 Å². The molecule has 1 atom stereocenters. The van der Waals surface area contributed by atoms with Crippen LogP contribution < -0.4 is 10.1 Å². The molecular formula is C23H18Cl2FNO4. The molecule has 1 amide bonds. The second kappa shape index (κ2) is 9.81. The Morgan fingerprint density at radius 2 is 1.71 bits per heavy atom. The van der Waals surface area contributed by atoms with Gasteiger partial charge in [-0.25, -0.2) is 9.18 Å². The van der Waals surface area contributed by atoms with E-state index in [9.17, 15) is 19.1 Å². The van der Waals surface area contributed by atoms with Crippen LogP contribution in [0.2, 0.25) is 10.0 Å². The molecule has 2 N–H and O–H groups in total. The Morgan fingerprint density at radius 3 is 2.42 bits per heavy atom. The third-order valence-electron chi connectivity index (χ3n) is 4.59. The topological polar surface area (TPSA) is 75.6 Å². The van der Waals surface area contributed by atoms with E-state index in [-0.39, 0.29) is 34.1 Å². The first-order valence-electron chi connectivity index (χ1n) is 9.25. The quantitative estimate of drug-likeness (QED) is 0.459. The number of hydrogen-bond acceptors (Lipinski definition) is 3. The lowest BCUT2D eigenvalue weighted by Crippen LogP contribution is -2.28. The van der Waals surface area contributed by atoms with Crippen molar-refractivity contribution in [1.82, 2.24) is 5.32 Å². The van der Waals surface area contributed by atoms with Gasteiger partial charge in [-0.05, 0) is 48.9 Å². The maximum absolute atomic E-state index is 14.0. The molecule has 0 heterocycles. The Labute approximate surface area is 188 Å². The van der Waals surface area contributed by atoms with Gasteiger partial charge < -0.3 is 15.2 Å². The summed E-state index contributed by atoms with van der Waals surface area (Å²) in [6.07, 6.45) is 0. The van der Waals surface area contributed by atoms with Crippen LogP contribution in [0.5, 0.6) is 5.75 Å². The molecule has 0 saturated carbocycles. The van der Waals surface area contributed by atoms with Gasteiger partial charge in [-0.1, -0.05) is 47.5 Å². The Kier molecular flexibility index (Phi) is 7.15. The Bertz CT molecular complexity index is 1140. The summed E-state index contributed by atoms with van der Waals surface area (Å²) < 4.78 is 19.7. The predicted octanol–water partition coefficient (Wildman–Crippen LogP) is 5.90. The highest BCUT2D eigenvalue weighted by Gasteiger charge is 2.20. The third-order valence-corrected chi connectivity index (χ3v) is 5.06. The fourth-order valence-electron chi connectivity index (χ4n) is 3.02. The lowest BCUT2D eigenvalue weighted by molar-refractivity contribution is 0.0693. The second-order valence-electron chi connectivity index (χ2n) is 6.75. The number of rotatable bonds is 7. The van der Waals surface area contributed by atoms with E-state index in [1.54, 1.807) is 37.3 Å². The third kappa shape index (κ3) is 5.54. The van der Waals surface area contributed by atoms with Gasteiger partial charge in [0.2, 0.25) is 0 Å². The molecule has 0 saturated heterocycles. The summed E-state index contributed by atoms with van der Waals surface area (Å²) in [5.74, 6) is -1.92. The number of amides is 1. The highest BCUT2D eigenvalue weighted by Crippen LogP contribution is 2.26. The van der Waals surface area contributed by atoms with E-state index in [2.05, 4.69) is 5.32 Å². The van der Waals surface area contributed by atoms with Gasteiger partial charge >= 0.3 is 5.97 Å². The van der Waals surface area contributed by atoms with Crippen molar-refractivity contribution in [3.05, 3.63) is 98.8 Å². The molecular weight excluding hydrogens is 444 g/mol. The highest BCUT2D eigenvalue weighted by atomic mass is 35.5. The predicted molar refractivity (Wildman–Crippen MR) is 116 cm³/mol. The number of nitrogens with one attached hydrogen (secondary N) is 1. The lowest BCUT2D eigenvalue weighted by Gasteiger charge is -2.18. The van der Waals surface area contributed by atoms with Crippen LogP contribution in [0.15, 0.2) is 60.7 Å². The molecule has 0 aliphatic rings. The van der Waals surface area contributed by atoms with Crippen LogP contribution in [-0.4, -0.2) is 17.0 Å². The van der Waals surface area contributed by atoms with Gasteiger partial charge in [-0.15, -0.1) is 0 Å². The molecule has 0 aliphatic heterocycles. The van der Waals surface area contributed by atoms with E-state index in [4.69, 9.17) is 27.9 Å². The van der Waals surface area contributed by atoms with E-state index in [0.29, 0.717) is 10.6 Å². The monoisotopic (exact) mass is 461 g/mol. The normalized spacial score (nSPS) is 11.6. The van der Waals surface area contributed by atoms with Crippen molar-refractivity contribution in [2.24, 2.45) is 0 Å². The van der Waals surface area contributed by atoms with Gasteiger partial charge in [0.05, 0.1) is 17.2 Å². The number of carboxylic acids is 1. The maximum atomic E-state index is 14.0. The zero-order valence-corrected chi connectivity index (χ0v) is 17.9. The minimum absolute atomic E-state index is 0.0936. The van der Waals surface area contributed by atoms with Crippen LogP contribution in [0.4, 0.5) is 4.39 Å². The molecule has 160 valence electrons. The van der Waals surface area contributed by atoms with Gasteiger partial charge in [0.15, 0.2) is 0 Å². The summed E-state index contributed by atoms with van der Waals surface area (Å²) in [4.78, 5) is 24.4. The maximum Gasteiger partial charge on any atom is 0.336 e. The molecule has 0 fully saturated rings. The van der Waals surface area contributed by atoms with Gasteiger partial charge in [-0.2, -0.15) is 0 Å². The minimum Gasteiger partial charge on any atom is -0.488 e. The highest BCUT2D eigenvalue weighted by molar-refractivity contribution is 6.31. The fraction of sp³-hybridized carbons (Fsp3) is 0.130. The minimum atomic E-state index is -1.09. The Morgan fingerprint density at radius 1 is 1.03 bits per heavy atom. The van der Waals surface area contributed by atoms with Crippen molar-refractivity contribution in [3.8, 4) is 5.75 Å².